The topological polar surface area (TPSA) is 72.2 Å². The van der Waals surface area contributed by atoms with Gasteiger partial charge in [-0.3, -0.25) is 9.59 Å². The molecule has 0 unspecified atom stereocenters. The average molecular weight is 397 g/mol. The first-order valence-corrected chi connectivity index (χ1v) is 10.7. The summed E-state index contributed by atoms with van der Waals surface area (Å²) >= 11 is 1.50. The lowest BCUT2D eigenvalue weighted by Crippen LogP contribution is -2.19. The molecule has 1 aromatic heterocycles. The number of rotatable bonds is 6. The van der Waals surface area contributed by atoms with Gasteiger partial charge in [0.2, 0.25) is 5.91 Å². The Labute approximate surface area is 170 Å². The number of hydrogen-bond acceptors (Lipinski definition) is 3. The minimum Gasteiger partial charge on any atom is -0.365 e. The van der Waals surface area contributed by atoms with E-state index < -0.39 is 5.91 Å². The summed E-state index contributed by atoms with van der Waals surface area (Å²) in [5, 5.41) is 3.46. The third kappa shape index (κ3) is 4.53. The van der Waals surface area contributed by atoms with Crippen LogP contribution in [0.4, 0.5) is 5.00 Å². The average Bonchev–Trinajstić information content (AvgIpc) is 3.03. The molecule has 1 aromatic carbocycles. The molecule has 0 fully saturated rings. The molecule has 148 valence electrons. The zero-order valence-electron chi connectivity index (χ0n) is 16.7. The van der Waals surface area contributed by atoms with E-state index in [2.05, 4.69) is 38.2 Å². The van der Waals surface area contributed by atoms with E-state index in [0.29, 0.717) is 22.4 Å². The van der Waals surface area contributed by atoms with Gasteiger partial charge in [0.25, 0.3) is 5.91 Å². The van der Waals surface area contributed by atoms with Gasteiger partial charge in [0, 0.05) is 11.0 Å². The molecule has 2 aromatic rings. The minimum atomic E-state index is -0.462. The summed E-state index contributed by atoms with van der Waals surface area (Å²) in [6.45, 7) is 6.50. The van der Waals surface area contributed by atoms with Crippen LogP contribution in [0.1, 0.15) is 71.5 Å². The number of primary amides is 1. The van der Waals surface area contributed by atoms with E-state index in [1.54, 1.807) is 6.08 Å². The molecule has 1 heterocycles. The van der Waals surface area contributed by atoms with Crippen molar-refractivity contribution in [1.29, 1.82) is 0 Å². The molecule has 1 aliphatic rings. The predicted molar refractivity (Wildman–Crippen MR) is 117 cm³/mol. The third-order valence-electron chi connectivity index (χ3n) is 5.46. The summed E-state index contributed by atoms with van der Waals surface area (Å²) < 4.78 is 0. The first kappa shape index (κ1) is 20.3. The van der Waals surface area contributed by atoms with Gasteiger partial charge in [0.1, 0.15) is 5.00 Å². The standard InChI is InChI=1S/C23H28N2O2S/c1-4-15-7-11-18-19(13-15)28-23(21(18)22(24)27)25-20(26)12-8-16-5-9-17(10-6-16)14(2)3/h5-6,8-10,12,14-15H,4,7,11,13H2,1-3H3,(H2,24,27)(H,25,26)/b12-8+/t15-/m0/s1. The molecule has 0 spiro atoms. The summed E-state index contributed by atoms with van der Waals surface area (Å²) in [5.74, 6) is 0.409. The number of thiophene rings is 1. The van der Waals surface area contributed by atoms with Crippen LogP contribution in [0.5, 0.6) is 0 Å². The number of amides is 2. The van der Waals surface area contributed by atoms with Gasteiger partial charge in [-0.2, -0.15) is 0 Å². The molecule has 1 aliphatic carbocycles. The van der Waals surface area contributed by atoms with Crippen molar-refractivity contribution in [1.82, 2.24) is 0 Å². The second-order valence-corrected chi connectivity index (χ2v) is 8.84. The van der Waals surface area contributed by atoms with E-state index in [1.165, 1.54) is 27.9 Å². The van der Waals surface area contributed by atoms with Crippen LogP contribution in [0.25, 0.3) is 6.08 Å². The van der Waals surface area contributed by atoms with Crippen LogP contribution in [0.15, 0.2) is 30.3 Å². The number of hydrogen-bond donors (Lipinski definition) is 2. The number of nitrogens with two attached hydrogens (primary N) is 1. The highest BCUT2D eigenvalue weighted by atomic mass is 32.1. The molecule has 0 bridgehead atoms. The molecular formula is C23H28N2O2S. The van der Waals surface area contributed by atoms with E-state index in [9.17, 15) is 9.59 Å². The molecule has 5 heteroatoms. The predicted octanol–water partition coefficient (Wildman–Crippen LogP) is 5.14. The smallest absolute Gasteiger partial charge is 0.251 e. The number of nitrogens with one attached hydrogen (secondary N) is 1. The van der Waals surface area contributed by atoms with Crippen LogP contribution in [-0.2, 0) is 17.6 Å². The lowest BCUT2D eigenvalue weighted by molar-refractivity contribution is -0.111. The fraction of sp³-hybridized carbons (Fsp3) is 0.391. The largest absolute Gasteiger partial charge is 0.365 e. The first-order chi connectivity index (χ1) is 13.4. The van der Waals surface area contributed by atoms with Crippen molar-refractivity contribution < 1.29 is 9.59 Å². The normalized spacial score (nSPS) is 16.4. The van der Waals surface area contributed by atoms with E-state index >= 15 is 0 Å². The SMILES string of the molecule is CC[C@H]1CCc2c(sc(NC(=O)/C=C/c3ccc(C(C)C)cc3)c2C(N)=O)C1. The van der Waals surface area contributed by atoms with Crippen molar-refractivity contribution in [2.45, 2.75) is 52.4 Å². The Kier molecular flexibility index (Phi) is 6.35. The molecule has 0 aliphatic heterocycles. The van der Waals surface area contributed by atoms with Crippen LogP contribution in [0.2, 0.25) is 0 Å². The Morgan fingerprint density at radius 2 is 2.00 bits per heavy atom. The lowest BCUT2D eigenvalue weighted by Gasteiger charge is -2.20. The van der Waals surface area contributed by atoms with Gasteiger partial charge in [0.15, 0.2) is 0 Å². The molecule has 0 saturated heterocycles. The van der Waals surface area contributed by atoms with Gasteiger partial charge in [-0.1, -0.05) is 51.5 Å². The van der Waals surface area contributed by atoms with Crippen LogP contribution >= 0.6 is 11.3 Å². The Bertz CT molecular complexity index is 894. The van der Waals surface area contributed by atoms with Gasteiger partial charge in [-0.15, -0.1) is 11.3 Å². The van der Waals surface area contributed by atoms with Crippen molar-refractivity contribution in [3.63, 3.8) is 0 Å². The van der Waals surface area contributed by atoms with Crippen LogP contribution in [-0.4, -0.2) is 11.8 Å². The second-order valence-electron chi connectivity index (χ2n) is 7.73. The maximum absolute atomic E-state index is 12.4. The molecule has 3 rings (SSSR count). The van der Waals surface area contributed by atoms with E-state index in [4.69, 9.17) is 5.73 Å². The van der Waals surface area contributed by atoms with Crippen molar-refractivity contribution in [2.75, 3.05) is 5.32 Å². The number of anilines is 1. The molecular weight excluding hydrogens is 368 g/mol. The Morgan fingerprint density at radius 3 is 2.61 bits per heavy atom. The maximum Gasteiger partial charge on any atom is 0.251 e. The monoisotopic (exact) mass is 396 g/mol. The molecule has 2 amide bonds. The molecule has 28 heavy (non-hydrogen) atoms. The van der Waals surface area contributed by atoms with E-state index in [0.717, 1.165) is 36.8 Å². The summed E-state index contributed by atoms with van der Waals surface area (Å²) in [6, 6.07) is 8.15. The van der Waals surface area contributed by atoms with E-state index in [1.807, 2.05) is 12.1 Å². The summed E-state index contributed by atoms with van der Waals surface area (Å²) in [7, 11) is 0. The number of benzene rings is 1. The van der Waals surface area contributed by atoms with Gasteiger partial charge in [0.05, 0.1) is 5.56 Å². The number of carbonyl (C=O) groups excluding carboxylic acids is 2. The molecule has 0 saturated carbocycles. The van der Waals surface area contributed by atoms with Crippen molar-refractivity contribution in [3.05, 3.63) is 57.5 Å². The summed E-state index contributed by atoms with van der Waals surface area (Å²) in [5.41, 5.74) is 9.39. The van der Waals surface area contributed by atoms with Gasteiger partial charge in [-0.25, -0.2) is 0 Å². The zero-order valence-corrected chi connectivity index (χ0v) is 17.6. The molecule has 0 radical (unpaired) electrons. The highest BCUT2D eigenvalue weighted by Gasteiger charge is 2.27. The molecule has 3 N–H and O–H groups in total. The van der Waals surface area contributed by atoms with Gasteiger partial charge >= 0.3 is 0 Å². The van der Waals surface area contributed by atoms with Crippen LogP contribution in [0.3, 0.4) is 0 Å². The first-order valence-electron chi connectivity index (χ1n) is 9.92. The fourth-order valence-electron chi connectivity index (χ4n) is 3.67. The Balaban J connectivity index is 1.75. The highest BCUT2D eigenvalue weighted by molar-refractivity contribution is 7.17. The summed E-state index contributed by atoms with van der Waals surface area (Å²) in [4.78, 5) is 25.6. The van der Waals surface area contributed by atoms with E-state index in [-0.39, 0.29) is 5.91 Å². The Hall–Kier alpha value is -2.40. The maximum atomic E-state index is 12.4. The van der Waals surface area contributed by atoms with Crippen LogP contribution < -0.4 is 11.1 Å². The van der Waals surface area contributed by atoms with Crippen LogP contribution in [0, 0.1) is 5.92 Å². The highest BCUT2D eigenvalue weighted by Crippen LogP contribution is 2.40. The third-order valence-corrected chi connectivity index (χ3v) is 6.63. The minimum absolute atomic E-state index is 0.249. The molecule has 1 atom stereocenters. The van der Waals surface area contributed by atoms with Crippen molar-refractivity contribution >= 4 is 34.2 Å². The number of fused-ring (bicyclic) bond motifs is 1. The quantitative estimate of drug-likeness (QED) is 0.664. The number of carbonyl (C=O) groups is 2. The van der Waals surface area contributed by atoms with Gasteiger partial charge in [-0.05, 0) is 53.9 Å². The second kappa shape index (κ2) is 8.74. The van der Waals surface area contributed by atoms with Crippen molar-refractivity contribution in [3.8, 4) is 0 Å². The zero-order chi connectivity index (χ0) is 20.3. The Morgan fingerprint density at radius 1 is 1.29 bits per heavy atom. The van der Waals surface area contributed by atoms with Gasteiger partial charge < -0.3 is 11.1 Å². The fourth-order valence-corrected chi connectivity index (χ4v) is 5.04. The van der Waals surface area contributed by atoms with Crippen molar-refractivity contribution in [2.24, 2.45) is 11.7 Å². The molecule has 4 nitrogen and oxygen atoms in total. The lowest BCUT2D eigenvalue weighted by atomic mass is 9.85. The summed E-state index contributed by atoms with van der Waals surface area (Å²) in [6.07, 6.45) is 7.30.